The summed E-state index contributed by atoms with van der Waals surface area (Å²) in [6.45, 7) is 9.59. The van der Waals surface area contributed by atoms with Gasteiger partial charge in [-0.2, -0.15) is 4.98 Å². The molecule has 1 aliphatic heterocycles. The van der Waals surface area contributed by atoms with E-state index >= 15 is 0 Å². The minimum Gasteiger partial charge on any atom is -0.342 e. The number of carbonyl (C=O) groups excluding carboxylic acids is 2. The van der Waals surface area contributed by atoms with E-state index < -0.39 is 10.0 Å². The van der Waals surface area contributed by atoms with Crippen LogP contribution in [0.2, 0.25) is 0 Å². The van der Waals surface area contributed by atoms with Crippen molar-refractivity contribution >= 4 is 27.5 Å². The Balaban J connectivity index is 1.63. The summed E-state index contributed by atoms with van der Waals surface area (Å²) in [5, 5.41) is 10.4. The van der Waals surface area contributed by atoms with Crippen molar-refractivity contribution in [3.05, 3.63) is 29.7 Å². The Hall–Kier alpha value is -2.87. The molecule has 0 aliphatic carbocycles. The summed E-state index contributed by atoms with van der Waals surface area (Å²) in [5.41, 5.74) is 2.41. The topological polar surface area (TPSA) is 141 Å². The van der Waals surface area contributed by atoms with Crippen molar-refractivity contribution < 1.29 is 22.5 Å². The number of anilines is 1. The number of hydrogen-bond acceptors (Lipinski definition) is 9. The Morgan fingerprint density at radius 1 is 1.15 bits per heavy atom. The van der Waals surface area contributed by atoms with Gasteiger partial charge >= 0.3 is 0 Å². The summed E-state index contributed by atoms with van der Waals surface area (Å²) in [6.07, 6.45) is 2.37. The van der Waals surface area contributed by atoms with Crippen LogP contribution < -0.4 is 15.5 Å². The predicted octanol–water partition coefficient (Wildman–Crippen LogP) is 1.16. The van der Waals surface area contributed by atoms with Gasteiger partial charge in [-0.25, -0.2) is 12.7 Å². The number of amides is 2. The molecule has 2 aromatic rings. The van der Waals surface area contributed by atoms with Crippen LogP contribution in [0.25, 0.3) is 11.4 Å². The SMILES string of the molecule is Cc1nc(-c2ccc(C)c(N(CCNC(C)C)C(=O)CNCC(=O)N(C)C3CCN(S(C)(=O)=O)CC3)c2)no1. The normalized spacial score (nSPS) is 15.1. The molecule has 2 N–H and O–H groups in total. The van der Waals surface area contributed by atoms with Crippen molar-refractivity contribution in [1.29, 1.82) is 0 Å². The van der Waals surface area contributed by atoms with E-state index in [2.05, 4.69) is 20.8 Å². The highest BCUT2D eigenvalue weighted by atomic mass is 32.2. The number of likely N-dealkylation sites (N-methyl/N-ethyl adjacent to an activating group) is 1. The smallest absolute Gasteiger partial charge is 0.241 e. The fourth-order valence-corrected chi connectivity index (χ4v) is 5.44. The molecule has 2 amide bonds. The summed E-state index contributed by atoms with van der Waals surface area (Å²) < 4.78 is 30.1. The number of rotatable bonds is 12. The van der Waals surface area contributed by atoms with Crippen LogP contribution in [0.4, 0.5) is 5.69 Å². The lowest BCUT2D eigenvalue weighted by molar-refractivity contribution is -0.131. The Morgan fingerprint density at radius 3 is 2.41 bits per heavy atom. The van der Waals surface area contributed by atoms with Gasteiger partial charge in [0.1, 0.15) is 0 Å². The van der Waals surface area contributed by atoms with E-state index in [1.807, 2.05) is 39.0 Å². The molecule has 0 spiro atoms. The Labute approximate surface area is 231 Å². The summed E-state index contributed by atoms with van der Waals surface area (Å²) >= 11 is 0. The first kappa shape index (κ1) is 30.7. The number of carbonyl (C=O) groups is 2. The number of benzene rings is 1. The van der Waals surface area contributed by atoms with Crippen molar-refractivity contribution in [3.8, 4) is 11.4 Å². The molecule has 3 rings (SSSR count). The summed E-state index contributed by atoms with van der Waals surface area (Å²) in [5.74, 6) is 0.609. The van der Waals surface area contributed by atoms with Crippen LogP contribution in [0.3, 0.4) is 0 Å². The van der Waals surface area contributed by atoms with Gasteiger partial charge in [-0.3, -0.25) is 14.9 Å². The second kappa shape index (κ2) is 13.5. The van der Waals surface area contributed by atoms with Crippen molar-refractivity contribution in [3.63, 3.8) is 0 Å². The maximum Gasteiger partial charge on any atom is 0.241 e. The molecule has 216 valence electrons. The van der Waals surface area contributed by atoms with Crippen molar-refractivity contribution in [2.75, 3.05) is 57.5 Å². The molecule has 2 heterocycles. The Morgan fingerprint density at radius 2 is 1.82 bits per heavy atom. The van der Waals surface area contributed by atoms with Crippen LogP contribution in [0.1, 0.15) is 38.1 Å². The summed E-state index contributed by atoms with van der Waals surface area (Å²) in [7, 11) is -1.50. The van der Waals surface area contributed by atoms with E-state index in [-0.39, 0.29) is 37.0 Å². The molecule has 0 bridgehead atoms. The minimum atomic E-state index is -3.22. The number of piperidine rings is 1. The third-order valence-electron chi connectivity index (χ3n) is 6.86. The zero-order valence-electron chi connectivity index (χ0n) is 23.7. The van der Waals surface area contributed by atoms with Crippen LogP contribution in [0, 0.1) is 13.8 Å². The lowest BCUT2D eigenvalue weighted by Gasteiger charge is -2.35. The first-order valence-electron chi connectivity index (χ1n) is 13.2. The minimum absolute atomic E-state index is 0.00771. The van der Waals surface area contributed by atoms with Gasteiger partial charge in [-0.05, 0) is 31.4 Å². The fourth-order valence-electron chi connectivity index (χ4n) is 4.56. The van der Waals surface area contributed by atoms with E-state index in [9.17, 15) is 18.0 Å². The molecular formula is C26H41N7O5S. The molecule has 1 aromatic heterocycles. The van der Waals surface area contributed by atoms with Gasteiger partial charge in [-0.15, -0.1) is 0 Å². The zero-order chi connectivity index (χ0) is 28.7. The maximum absolute atomic E-state index is 13.4. The van der Waals surface area contributed by atoms with Gasteiger partial charge in [0, 0.05) is 63.5 Å². The predicted molar refractivity (Wildman–Crippen MR) is 150 cm³/mol. The maximum atomic E-state index is 13.4. The van der Waals surface area contributed by atoms with Crippen molar-refractivity contribution in [2.45, 2.75) is 52.6 Å². The second-order valence-electron chi connectivity index (χ2n) is 10.3. The van der Waals surface area contributed by atoms with Gasteiger partial charge in [0.15, 0.2) is 0 Å². The highest BCUT2D eigenvalue weighted by Gasteiger charge is 2.29. The molecule has 0 unspecified atom stereocenters. The first-order chi connectivity index (χ1) is 18.4. The third-order valence-corrected chi connectivity index (χ3v) is 8.16. The summed E-state index contributed by atoms with van der Waals surface area (Å²) in [6, 6.07) is 5.94. The van der Waals surface area contributed by atoms with Crippen molar-refractivity contribution in [1.82, 2.24) is 30.0 Å². The second-order valence-corrected chi connectivity index (χ2v) is 12.3. The van der Waals surface area contributed by atoms with E-state index in [0.29, 0.717) is 50.7 Å². The standard InChI is InChI=1S/C26H41N7O5S/c1-18(2)28-11-14-33(23-15-21(8-7-19(23)3)26-29-20(4)38-30-26)25(35)17-27-16-24(34)31(5)22-9-12-32(13-10-22)39(6,36)37/h7-8,15,18,22,27-28H,9-14,16-17H2,1-6H3. The average molecular weight is 564 g/mol. The largest absolute Gasteiger partial charge is 0.342 e. The number of nitrogens with zero attached hydrogens (tertiary/aromatic N) is 5. The third kappa shape index (κ3) is 8.56. The van der Waals surface area contributed by atoms with Crippen LogP contribution in [-0.4, -0.2) is 104 Å². The highest BCUT2D eigenvalue weighted by Crippen LogP contribution is 2.27. The molecule has 0 radical (unpaired) electrons. The van der Waals surface area contributed by atoms with E-state index in [1.54, 1.807) is 23.8 Å². The highest BCUT2D eigenvalue weighted by molar-refractivity contribution is 7.88. The molecule has 12 nitrogen and oxygen atoms in total. The van der Waals surface area contributed by atoms with Gasteiger partial charge in [0.25, 0.3) is 0 Å². The van der Waals surface area contributed by atoms with E-state index in [1.165, 1.54) is 10.6 Å². The number of aryl methyl sites for hydroxylation is 2. The van der Waals surface area contributed by atoms with E-state index in [4.69, 9.17) is 4.52 Å². The quantitative estimate of drug-likeness (QED) is 0.389. The Kier molecular flexibility index (Phi) is 10.6. The number of hydrogen-bond donors (Lipinski definition) is 2. The Bertz CT molecular complexity index is 1240. The molecule has 39 heavy (non-hydrogen) atoms. The van der Waals surface area contributed by atoms with Crippen LogP contribution in [0.15, 0.2) is 22.7 Å². The molecule has 1 saturated heterocycles. The number of sulfonamides is 1. The monoisotopic (exact) mass is 563 g/mol. The fraction of sp³-hybridized carbons (Fsp3) is 0.615. The van der Waals surface area contributed by atoms with E-state index in [0.717, 1.165) is 16.8 Å². The molecule has 0 saturated carbocycles. The van der Waals surface area contributed by atoms with Gasteiger partial charge in [-0.1, -0.05) is 31.1 Å². The zero-order valence-corrected chi connectivity index (χ0v) is 24.5. The first-order valence-corrected chi connectivity index (χ1v) is 15.1. The van der Waals surface area contributed by atoms with Crippen LogP contribution >= 0.6 is 0 Å². The van der Waals surface area contributed by atoms with Crippen molar-refractivity contribution in [2.24, 2.45) is 0 Å². The molecule has 0 atom stereocenters. The molecule has 1 aliphatic rings. The molecule has 1 aromatic carbocycles. The van der Waals surface area contributed by atoms with Gasteiger partial charge in [0.05, 0.1) is 19.3 Å². The molecule has 1 fully saturated rings. The number of nitrogens with one attached hydrogen (secondary N) is 2. The molecule has 13 heteroatoms. The van der Waals surface area contributed by atoms with Crippen LogP contribution in [-0.2, 0) is 19.6 Å². The summed E-state index contributed by atoms with van der Waals surface area (Å²) in [4.78, 5) is 33.9. The molecular weight excluding hydrogens is 522 g/mol. The lowest BCUT2D eigenvalue weighted by atomic mass is 10.1. The number of aromatic nitrogens is 2. The van der Waals surface area contributed by atoms with Gasteiger partial charge < -0.3 is 19.6 Å². The average Bonchev–Trinajstić information content (AvgIpc) is 3.32. The van der Waals surface area contributed by atoms with Gasteiger partial charge in [0.2, 0.25) is 33.6 Å². The lowest BCUT2D eigenvalue weighted by Crippen LogP contribution is -2.49. The van der Waals surface area contributed by atoms with Crippen LogP contribution in [0.5, 0.6) is 0 Å².